The maximum absolute atomic E-state index is 3.87. The smallest absolute Gasteiger partial charge is 0.147 e. The first-order valence-corrected chi connectivity index (χ1v) is 33.9. The van der Waals surface area contributed by atoms with Crippen molar-refractivity contribution in [2.45, 2.75) is 104 Å². The zero-order valence-electron chi connectivity index (χ0n) is 36.1. The van der Waals surface area contributed by atoms with Crippen molar-refractivity contribution in [3.8, 4) is 33.4 Å². The van der Waals surface area contributed by atoms with E-state index in [9.17, 15) is 0 Å². The van der Waals surface area contributed by atoms with Crippen molar-refractivity contribution in [2.24, 2.45) is 5.92 Å². The molecule has 5 aromatic rings. The molecular formula is C52H64Cl2SiZr. The predicted molar refractivity (Wildman–Crippen MR) is 253 cm³/mol. The van der Waals surface area contributed by atoms with Crippen molar-refractivity contribution in [2.75, 3.05) is 0 Å². The molecule has 2 aliphatic rings. The standard InChI is InChI=1S/C30H33.C20H21.2CH3.2ClH.H2Si.Zr/c1-20-16-24-18-23(21-8-12-25(13-9-21)29(2,3)4)19-28(27(24)17-20)22-10-14-26(15-11-22)30(5,6)7;1-13(2)17-11-16-8-6-10-19(20(16)12-17)18-9-5-7-14(3)15(18)4;;;;;;/h8-19H,1-7H3;5-13H,1-4H3;2*1H3;2*1H;1H2;. The zero-order chi connectivity index (χ0) is 39.1. The number of halogens is 2. The molecule has 2 unspecified atom stereocenters. The average Bonchev–Trinajstić information content (AvgIpc) is 3.68. The molecule has 2 aliphatic carbocycles. The number of benzene rings is 5. The molecule has 0 fully saturated rings. The van der Waals surface area contributed by atoms with E-state index in [4.69, 9.17) is 0 Å². The first-order chi connectivity index (χ1) is 25.2. The predicted octanol–water partition coefficient (Wildman–Crippen LogP) is 15.3. The van der Waals surface area contributed by atoms with E-state index in [-0.39, 0.29) is 35.6 Å². The van der Waals surface area contributed by atoms with Gasteiger partial charge in [0.1, 0.15) is 0 Å². The second kappa shape index (κ2) is 15.5. The second-order valence-corrected chi connectivity index (χ2v) is 50.7. The summed E-state index contributed by atoms with van der Waals surface area (Å²) in [5.41, 5.74) is 23.0. The number of hydrogen-bond acceptors (Lipinski definition) is 0. The van der Waals surface area contributed by atoms with E-state index in [0.29, 0.717) is 13.2 Å². The maximum Gasteiger partial charge on any atom is -0.147 e. The molecule has 0 saturated heterocycles. The molecule has 0 spiro atoms. The zero-order valence-corrected chi connectivity index (χ0v) is 41.7. The van der Waals surface area contributed by atoms with Crippen LogP contribution in [-0.2, 0) is 28.2 Å². The third-order valence-electron chi connectivity index (χ3n) is 13.0. The van der Waals surface area contributed by atoms with Gasteiger partial charge in [0.25, 0.3) is 0 Å². The van der Waals surface area contributed by atoms with Crippen LogP contribution in [0.3, 0.4) is 0 Å². The summed E-state index contributed by atoms with van der Waals surface area (Å²) in [7, 11) is 0. The van der Waals surface area contributed by atoms with Crippen molar-refractivity contribution in [1.29, 1.82) is 0 Å². The molecule has 0 N–H and O–H groups in total. The fraction of sp³-hybridized carbons (Fsp3) is 0.346. The molecule has 7 rings (SSSR count). The van der Waals surface area contributed by atoms with Crippen LogP contribution in [0, 0.1) is 19.8 Å². The van der Waals surface area contributed by atoms with Gasteiger partial charge < -0.3 is 0 Å². The van der Waals surface area contributed by atoms with Crippen LogP contribution in [0.4, 0.5) is 0 Å². The van der Waals surface area contributed by atoms with Crippen molar-refractivity contribution in [1.82, 2.24) is 0 Å². The van der Waals surface area contributed by atoms with Crippen LogP contribution < -0.4 is 0 Å². The van der Waals surface area contributed by atoms with E-state index in [1.165, 1.54) is 66.8 Å². The minimum Gasteiger partial charge on any atom is -0.147 e. The van der Waals surface area contributed by atoms with E-state index in [2.05, 4.69) is 202 Å². The summed E-state index contributed by atoms with van der Waals surface area (Å²) < 4.78 is 6.48. The van der Waals surface area contributed by atoms with E-state index >= 15 is 0 Å². The number of hydrogen-bond donors (Lipinski definition) is 0. The summed E-state index contributed by atoms with van der Waals surface area (Å²) in [6, 6.07) is 37.9. The first-order valence-electron chi connectivity index (χ1n) is 20.2. The van der Waals surface area contributed by atoms with E-state index in [1.807, 2.05) is 0 Å². The van der Waals surface area contributed by atoms with Gasteiger partial charge in [-0.25, -0.2) is 0 Å². The topological polar surface area (TPSA) is 0 Å². The quantitative estimate of drug-likeness (QED) is 0.149. The third-order valence-corrected chi connectivity index (χ3v) is 30.7. The maximum atomic E-state index is 2.79. The Morgan fingerprint density at radius 1 is 0.554 bits per heavy atom. The summed E-state index contributed by atoms with van der Waals surface area (Å²) in [5.74, 6) is 0.473. The van der Waals surface area contributed by atoms with Gasteiger partial charge in [0.15, 0.2) is 0 Å². The fourth-order valence-corrected chi connectivity index (χ4v) is 30.6. The fourth-order valence-electron chi connectivity index (χ4n) is 10.0. The average molecular weight is 879 g/mol. The summed E-state index contributed by atoms with van der Waals surface area (Å²) in [6.45, 7) is 28.1. The first kappa shape index (κ1) is 44.4. The van der Waals surface area contributed by atoms with Crippen LogP contribution in [0.2, 0.25) is 9.26 Å². The number of fused-ring (bicyclic) bond motifs is 2. The van der Waals surface area contributed by atoms with Crippen molar-refractivity contribution in [3.05, 3.63) is 153 Å². The largest absolute Gasteiger partial charge is 0.147 e. The van der Waals surface area contributed by atoms with Gasteiger partial charge >= 0.3 is 332 Å². The Labute approximate surface area is 354 Å². The van der Waals surface area contributed by atoms with Crippen LogP contribution in [0.25, 0.3) is 45.5 Å². The summed E-state index contributed by atoms with van der Waals surface area (Å²) in [5, 5.41) is 0. The molecule has 294 valence electrons. The summed E-state index contributed by atoms with van der Waals surface area (Å²) >= 11 is -3.87. The Morgan fingerprint density at radius 2 is 1.07 bits per heavy atom. The van der Waals surface area contributed by atoms with Gasteiger partial charge in [0.05, 0.1) is 0 Å². The van der Waals surface area contributed by atoms with Gasteiger partial charge in [-0.15, -0.1) is 24.8 Å². The number of rotatable bonds is 6. The Kier molecular flexibility index (Phi) is 12.2. The van der Waals surface area contributed by atoms with Crippen LogP contribution in [0.1, 0.15) is 114 Å². The normalized spacial score (nSPS) is 16.8. The monoisotopic (exact) mass is 876 g/mol. The Morgan fingerprint density at radius 3 is 1.62 bits per heavy atom. The van der Waals surface area contributed by atoms with Crippen LogP contribution >= 0.6 is 24.8 Å². The molecule has 0 saturated carbocycles. The molecule has 0 heterocycles. The molecule has 0 amide bonds. The molecule has 0 bridgehead atoms. The van der Waals surface area contributed by atoms with Crippen molar-refractivity contribution < 1.29 is 17.4 Å². The van der Waals surface area contributed by atoms with Crippen LogP contribution in [0.5, 0.6) is 0 Å². The van der Waals surface area contributed by atoms with E-state index in [1.54, 1.807) is 22.3 Å². The van der Waals surface area contributed by atoms with Gasteiger partial charge in [-0.3, -0.25) is 0 Å². The van der Waals surface area contributed by atoms with Gasteiger partial charge in [0, 0.05) is 0 Å². The SMILES string of the molecule is CC1=Cc2c(-c3ccc(C(C)(C)C)cc3)cc(-c3ccc(C(C)(C)C)cc3)cc2[CH]1[Zr]([CH3])([CH3])(=[SiH2])[CH]1C(C(C)C)=Cc2c(-c3cccc(C)c3C)cccc21.Cl.Cl. The van der Waals surface area contributed by atoms with Gasteiger partial charge in [-0.05, 0) is 0 Å². The second-order valence-electron chi connectivity index (χ2n) is 20.2. The molecular weight excluding hydrogens is 815 g/mol. The van der Waals surface area contributed by atoms with Crippen molar-refractivity contribution >= 4 is 43.8 Å². The summed E-state index contributed by atoms with van der Waals surface area (Å²) in [6.07, 6.45) is 5.20. The molecule has 56 heavy (non-hydrogen) atoms. The van der Waals surface area contributed by atoms with Gasteiger partial charge in [0.2, 0.25) is 0 Å². The minimum absolute atomic E-state index is 0. The number of allylic oxidation sites excluding steroid dienone is 2. The van der Waals surface area contributed by atoms with Crippen molar-refractivity contribution in [3.63, 3.8) is 0 Å². The molecule has 0 aromatic heterocycles. The minimum atomic E-state index is -3.87. The molecule has 4 heteroatoms. The summed E-state index contributed by atoms with van der Waals surface area (Å²) in [4.78, 5) is 0. The molecule has 0 radical (unpaired) electrons. The Balaban J connectivity index is 0.00000300. The molecule has 2 atom stereocenters. The third kappa shape index (κ3) is 7.75. The number of aryl methyl sites for hydroxylation is 1. The van der Waals surface area contributed by atoms with E-state index in [0.717, 1.165) is 0 Å². The Bertz CT molecular complexity index is 2420. The van der Waals surface area contributed by atoms with E-state index < -0.39 is 17.4 Å². The van der Waals surface area contributed by atoms with Crippen LogP contribution in [0.15, 0.2) is 108 Å². The molecule has 5 aromatic carbocycles. The van der Waals surface area contributed by atoms with Crippen LogP contribution in [-0.4, -0.2) is 6.88 Å². The molecule has 0 nitrogen and oxygen atoms in total. The van der Waals surface area contributed by atoms with Gasteiger partial charge in [-0.1, -0.05) is 0 Å². The van der Waals surface area contributed by atoms with Gasteiger partial charge in [-0.2, -0.15) is 0 Å². The molecule has 0 aliphatic heterocycles. The Hall–Kier alpha value is -2.74.